The fourth-order valence-corrected chi connectivity index (χ4v) is 3.08. The van der Waals surface area contributed by atoms with Gasteiger partial charge in [-0.25, -0.2) is 4.79 Å². The van der Waals surface area contributed by atoms with E-state index in [9.17, 15) is 14.4 Å². The second-order valence-electron chi connectivity index (χ2n) is 3.25. The van der Waals surface area contributed by atoms with Gasteiger partial charge in [-0.1, -0.05) is 21.6 Å². The molecule has 6 nitrogen and oxygen atoms in total. The van der Waals surface area contributed by atoms with Gasteiger partial charge in [0.25, 0.3) is 0 Å². The fraction of sp³-hybridized carbons (Fsp3) is 0.700. The van der Waals surface area contributed by atoms with Crippen molar-refractivity contribution in [2.75, 3.05) is 18.1 Å². The number of esters is 1. The van der Waals surface area contributed by atoms with Crippen LogP contribution in [0.5, 0.6) is 0 Å². The Balaban J connectivity index is 3.70. The van der Waals surface area contributed by atoms with Crippen molar-refractivity contribution in [3.63, 3.8) is 0 Å². The van der Waals surface area contributed by atoms with Gasteiger partial charge in [-0.3, -0.25) is 9.59 Å². The summed E-state index contributed by atoms with van der Waals surface area (Å²) in [6.07, 6.45) is 0.295. The number of hydrogen-bond acceptors (Lipinski definition) is 6. The van der Waals surface area contributed by atoms with E-state index in [2.05, 4.69) is 5.32 Å². The molecule has 0 aliphatic heterocycles. The van der Waals surface area contributed by atoms with Gasteiger partial charge in [0.2, 0.25) is 5.91 Å². The fourth-order valence-electron chi connectivity index (χ4n) is 0.953. The van der Waals surface area contributed by atoms with Crippen LogP contribution >= 0.6 is 21.6 Å². The Kier molecular flexibility index (Phi) is 9.57. The van der Waals surface area contributed by atoms with Gasteiger partial charge in [0.15, 0.2) is 0 Å². The third-order valence-corrected chi connectivity index (χ3v) is 4.10. The molecular formula is C10H17NO5S2. The number of rotatable bonds is 9. The molecule has 0 aromatic heterocycles. The van der Waals surface area contributed by atoms with E-state index in [0.717, 1.165) is 0 Å². The van der Waals surface area contributed by atoms with E-state index in [1.165, 1.54) is 28.5 Å². The maximum Gasteiger partial charge on any atom is 0.327 e. The molecule has 1 atom stereocenters. The summed E-state index contributed by atoms with van der Waals surface area (Å²) in [7, 11) is 2.69. The van der Waals surface area contributed by atoms with E-state index in [-0.39, 0.29) is 17.6 Å². The number of carboxylic acids is 1. The first-order valence-corrected chi connectivity index (χ1v) is 7.86. The van der Waals surface area contributed by atoms with Gasteiger partial charge >= 0.3 is 11.9 Å². The predicted octanol–water partition coefficient (Wildman–Crippen LogP) is 0.910. The third kappa shape index (κ3) is 9.17. The molecule has 8 heteroatoms. The highest BCUT2D eigenvalue weighted by molar-refractivity contribution is 8.76. The van der Waals surface area contributed by atoms with Gasteiger partial charge in [0.1, 0.15) is 6.04 Å². The second-order valence-corrected chi connectivity index (χ2v) is 5.88. The number of nitrogens with one attached hydrogen (secondary N) is 1. The lowest BCUT2D eigenvalue weighted by molar-refractivity contribution is -0.142. The van der Waals surface area contributed by atoms with Crippen molar-refractivity contribution in [1.82, 2.24) is 5.32 Å². The number of carboxylic acid groups (broad SMARTS) is 1. The zero-order chi connectivity index (χ0) is 14.0. The van der Waals surface area contributed by atoms with E-state index in [0.29, 0.717) is 18.8 Å². The predicted molar refractivity (Wildman–Crippen MR) is 71.4 cm³/mol. The van der Waals surface area contributed by atoms with E-state index in [4.69, 9.17) is 9.84 Å². The SMILES string of the molecule is CCOC(=O)CCSSCC(NC(C)=O)C(=O)O. The first kappa shape index (κ1) is 17.1. The minimum atomic E-state index is -1.07. The van der Waals surface area contributed by atoms with E-state index in [1.54, 1.807) is 6.92 Å². The average molecular weight is 295 g/mol. The Morgan fingerprint density at radius 2 is 2.00 bits per heavy atom. The van der Waals surface area contributed by atoms with Gasteiger partial charge in [-0.15, -0.1) is 0 Å². The summed E-state index contributed by atoms with van der Waals surface area (Å²) in [6.45, 7) is 3.37. The van der Waals surface area contributed by atoms with Gasteiger partial charge in [0.05, 0.1) is 13.0 Å². The molecule has 0 aliphatic rings. The minimum absolute atomic E-state index is 0.252. The summed E-state index contributed by atoms with van der Waals surface area (Å²) in [5.74, 6) is -0.899. The van der Waals surface area contributed by atoms with Crippen LogP contribution in [0.4, 0.5) is 0 Å². The summed E-state index contributed by atoms with van der Waals surface area (Å²) < 4.78 is 4.75. The summed E-state index contributed by atoms with van der Waals surface area (Å²) in [6, 6.07) is -0.900. The molecule has 0 rings (SSSR count). The van der Waals surface area contributed by atoms with Gasteiger partial charge in [-0.2, -0.15) is 0 Å². The monoisotopic (exact) mass is 295 g/mol. The summed E-state index contributed by atoms with van der Waals surface area (Å²) in [5.41, 5.74) is 0. The normalized spacial score (nSPS) is 11.7. The zero-order valence-corrected chi connectivity index (χ0v) is 11.9. The van der Waals surface area contributed by atoms with Crippen LogP contribution in [0.25, 0.3) is 0 Å². The third-order valence-electron chi connectivity index (χ3n) is 1.69. The largest absolute Gasteiger partial charge is 0.480 e. The smallest absolute Gasteiger partial charge is 0.327 e. The van der Waals surface area contributed by atoms with Crippen LogP contribution in [0, 0.1) is 0 Å². The Bertz CT molecular complexity index is 298. The maximum absolute atomic E-state index is 11.0. The molecule has 0 saturated heterocycles. The Morgan fingerprint density at radius 1 is 1.33 bits per heavy atom. The average Bonchev–Trinajstić information content (AvgIpc) is 2.26. The number of carbonyl (C=O) groups excluding carboxylic acids is 2. The summed E-state index contributed by atoms with van der Waals surface area (Å²) in [4.78, 5) is 32.5. The highest BCUT2D eigenvalue weighted by Gasteiger charge is 2.18. The molecule has 0 saturated carbocycles. The van der Waals surface area contributed by atoms with Gasteiger partial charge in [-0.05, 0) is 6.92 Å². The van der Waals surface area contributed by atoms with Crippen LogP contribution < -0.4 is 5.32 Å². The molecule has 0 spiro atoms. The number of hydrogen-bond donors (Lipinski definition) is 2. The van der Waals surface area contributed by atoms with Crippen molar-refractivity contribution in [3.05, 3.63) is 0 Å². The molecule has 18 heavy (non-hydrogen) atoms. The van der Waals surface area contributed by atoms with Crippen molar-refractivity contribution in [3.8, 4) is 0 Å². The van der Waals surface area contributed by atoms with Crippen LogP contribution in [0.3, 0.4) is 0 Å². The molecular weight excluding hydrogens is 278 g/mol. The summed E-state index contributed by atoms with van der Waals surface area (Å²) >= 11 is 0. The van der Waals surface area contributed by atoms with Gasteiger partial charge < -0.3 is 15.2 Å². The Hall–Kier alpha value is -0.890. The van der Waals surface area contributed by atoms with Crippen molar-refractivity contribution in [2.45, 2.75) is 26.3 Å². The molecule has 0 fully saturated rings. The molecule has 0 aliphatic carbocycles. The topological polar surface area (TPSA) is 92.7 Å². The van der Waals surface area contributed by atoms with E-state index >= 15 is 0 Å². The van der Waals surface area contributed by atoms with E-state index < -0.39 is 12.0 Å². The molecule has 0 heterocycles. The van der Waals surface area contributed by atoms with E-state index in [1.807, 2.05) is 0 Å². The quantitative estimate of drug-likeness (QED) is 0.371. The standard InChI is InChI=1S/C10H17NO5S2/c1-3-16-9(13)4-5-17-18-6-8(10(14)15)11-7(2)12/h8H,3-6H2,1-2H3,(H,11,12)(H,14,15). The van der Waals surface area contributed by atoms with Crippen molar-refractivity contribution < 1.29 is 24.2 Å². The molecule has 0 bridgehead atoms. The number of carbonyl (C=O) groups is 3. The highest BCUT2D eigenvalue weighted by Crippen LogP contribution is 2.23. The van der Waals surface area contributed by atoms with Crippen LogP contribution in [-0.4, -0.2) is 47.1 Å². The first-order valence-electron chi connectivity index (χ1n) is 5.37. The molecule has 0 aromatic rings. The number of aliphatic carboxylic acids is 1. The highest BCUT2D eigenvalue weighted by atomic mass is 33.1. The van der Waals surface area contributed by atoms with Crippen LogP contribution in [0.2, 0.25) is 0 Å². The molecule has 1 unspecified atom stereocenters. The molecule has 104 valence electrons. The van der Waals surface area contributed by atoms with Crippen LogP contribution in [0.15, 0.2) is 0 Å². The maximum atomic E-state index is 11.0. The lowest BCUT2D eigenvalue weighted by atomic mass is 10.3. The second kappa shape index (κ2) is 10.1. The van der Waals surface area contributed by atoms with Crippen LogP contribution in [-0.2, 0) is 19.1 Å². The molecule has 2 N–H and O–H groups in total. The van der Waals surface area contributed by atoms with Crippen molar-refractivity contribution >= 4 is 39.4 Å². The van der Waals surface area contributed by atoms with Crippen molar-refractivity contribution in [2.24, 2.45) is 0 Å². The van der Waals surface area contributed by atoms with Crippen molar-refractivity contribution in [1.29, 1.82) is 0 Å². The number of amides is 1. The van der Waals surface area contributed by atoms with Crippen LogP contribution in [0.1, 0.15) is 20.3 Å². The lowest BCUT2D eigenvalue weighted by Crippen LogP contribution is -2.41. The zero-order valence-electron chi connectivity index (χ0n) is 10.3. The summed E-state index contributed by atoms with van der Waals surface area (Å²) in [5, 5.41) is 11.2. The molecule has 1 amide bonds. The molecule has 0 radical (unpaired) electrons. The minimum Gasteiger partial charge on any atom is -0.480 e. The Morgan fingerprint density at radius 3 is 2.50 bits per heavy atom. The Labute approximate surface area is 114 Å². The number of ether oxygens (including phenoxy) is 1. The molecule has 0 aromatic carbocycles. The van der Waals surface area contributed by atoms with Gasteiger partial charge in [0, 0.05) is 18.4 Å². The first-order chi connectivity index (χ1) is 8.47. The lowest BCUT2D eigenvalue weighted by Gasteiger charge is -2.11.